The number of nitrogen functional groups attached to an aromatic ring is 1. The quantitative estimate of drug-likeness (QED) is 0.344. The molecule has 0 amide bonds. The normalized spacial score (nSPS) is 9.43. The average molecular weight is 191 g/mol. The molecule has 14 heavy (non-hydrogen) atoms. The van der Waals surface area contributed by atoms with E-state index in [1.165, 1.54) is 12.1 Å². The molecule has 0 heterocycles. The predicted octanol–water partition coefficient (Wildman–Crippen LogP) is 2.15. The molecule has 5 nitrogen and oxygen atoms in total. The molecule has 0 aliphatic heterocycles. The van der Waals surface area contributed by atoms with E-state index in [1.807, 2.05) is 0 Å². The smallest absolute Gasteiger partial charge is 0.318 e. The third-order valence-corrected chi connectivity index (χ3v) is 1.77. The second kappa shape index (κ2) is 3.69. The van der Waals surface area contributed by atoms with Crippen molar-refractivity contribution < 1.29 is 4.92 Å². The lowest BCUT2D eigenvalue weighted by atomic mass is 10.1. The summed E-state index contributed by atoms with van der Waals surface area (Å²) >= 11 is 0. The molecule has 0 spiro atoms. The summed E-state index contributed by atoms with van der Waals surface area (Å²) < 4.78 is 0. The van der Waals surface area contributed by atoms with E-state index in [9.17, 15) is 10.1 Å². The lowest BCUT2D eigenvalue weighted by Crippen LogP contribution is -1.96. The maximum atomic E-state index is 10.7. The molecule has 0 saturated carbocycles. The number of rotatable bonds is 3. The maximum absolute atomic E-state index is 10.7. The van der Waals surface area contributed by atoms with Crippen molar-refractivity contribution in [1.82, 2.24) is 0 Å². The first-order valence-electron chi connectivity index (χ1n) is 3.77. The van der Waals surface area contributed by atoms with Gasteiger partial charge in [-0.05, 0) is 12.8 Å². The Hall–Kier alpha value is -2.17. The van der Waals surface area contributed by atoms with Gasteiger partial charge in [-0.15, -0.1) is 0 Å². The van der Waals surface area contributed by atoms with Crippen LogP contribution in [0.25, 0.3) is 6.08 Å². The molecular weight excluding hydrogens is 182 g/mol. The van der Waals surface area contributed by atoms with Gasteiger partial charge in [0, 0.05) is 5.56 Å². The third kappa shape index (κ3) is 1.47. The van der Waals surface area contributed by atoms with Gasteiger partial charge in [-0.2, -0.15) is 0 Å². The summed E-state index contributed by atoms with van der Waals surface area (Å²) in [5.74, 6) is 0. The summed E-state index contributed by atoms with van der Waals surface area (Å²) in [6.07, 6.45) is 1.47. The van der Waals surface area contributed by atoms with Crippen molar-refractivity contribution in [2.24, 2.45) is 4.99 Å². The minimum atomic E-state index is -0.577. The largest absolute Gasteiger partial charge is 0.393 e. The number of hydrogen-bond acceptors (Lipinski definition) is 4. The standard InChI is InChI=1S/C9H9N3O2/c1-3-6-4-5-7(10)9(12(13)14)8(6)11-2/h3-5H,1-2,10H2. The summed E-state index contributed by atoms with van der Waals surface area (Å²) in [5.41, 5.74) is 6.01. The Bertz CT molecular complexity index is 413. The van der Waals surface area contributed by atoms with Crippen LogP contribution in [0, 0.1) is 10.1 Å². The summed E-state index contributed by atoms with van der Waals surface area (Å²) in [5, 5.41) is 10.7. The van der Waals surface area contributed by atoms with Crippen LogP contribution in [0.1, 0.15) is 5.56 Å². The Morgan fingerprint density at radius 3 is 2.64 bits per heavy atom. The molecule has 0 aromatic heterocycles. The van der Waals surface area contributed by atoms with Crippen LogP contribution in [0.4, 0.5) is 17.1 Å². The summed E-state index contributed by atoms with van der Waals surface area (Å²) in [7, 11) is 0. The highest BCUT2D eigenvalue weighted by molar-refractivity contribution is 5.81. The van der Waals surface area contributed by atoms with E-state index in [1.54, 1.807) is 6.07 Å². The number of nitro benzene ring substituents is 1. The molecule has 1 aromatic carbocycles. The van der Waals surface area contributed by atoms with Crippen molar-refractivity contribution in [2.45, 2.75) is 0 Å². The molecule has 2 N–H and O–H groups in total. The minimum Gasteiger partial charge on any atom is -0.393 e. The fourth-order valence-corrected chi connectivity index (χ4v) is 1.13. The molecule has 1 aromatic rings. The van der Waals surface area contributed by atoms with Gasteiger partial charge in [0.25, 0.3) is 0 Å². The van der Waals surface area contributed by atoms with Crippen LogP contribution in [-0.4, -0.2) is 11.6 Å². The predicted molar refractivity (Wildman–Crippen MR) is 56.8 cm³/mol. The lowest BCUT2D eigenvalue weighted by Gasteiger charge is -2.03. The molecule has 0 fully saturated rings. The van der Waals surface area contributed by atoms with E-state index in [-0.39, 0.29) is 17.1 Å². The van der Waals surface area contributed by atoms with Crippen LogP contribution in [0.3, 0.4) is 0 Å². The number of nitrogens with zero attached hydrogens (tertiary/aromatic N) is 2. The van der Waals surface area contributed by atoms with E-state index in [2.05, 4.69) is 18.3 Å². The molecule has 0 bridgehead atoms. The van der Waals surface area contributed by atoms with Gasteiger partial charge >= 0.3 is 5.69 Å². The van der Waals surface area contributed by atoms with E-state index in [0.717, 1.165) is 0 Å². The highest BCUT2D eigenvalue weighted by Gasteiger charge is 2.19. The van der Waals surface area contributed by atoms with Crippen molar-refractivity contribution in [2.75, 3.05) is 5.73 Å². The number of nitro groups is 1. The second-order valence-electron chi connectivity index (χ2n) is 2.56. The Balaban J connectivity index is 3.58. The lowest BCUT2D eigenvalue weighted by molar-refractivity contribution is -0.383. The Morgan fingerprint density at radius 2 is 2.21 bits per heavy atom. The van der Waals surface area contributed by atoms with Gasteiger partial charge in [-0.1, -0.05) is 18.7 Å². The second-order valence-corrected chi connectivity index (χ2v) is 2.56. The zero-order valence-corrected chi connectivity index (χ0v) is 7.43. The molecule has 5 heteroatoms. The molecule has 0 unspecified atom stereocenters. The van der Waals surface area contributed by atoms with Crippen LogP contribution < -0.4 is 5.73 Å². The van der Waals surface area contributed by atoms with E-state index in [0.29, 0.717) is 5.56 Å². The van der Waals surface area contributed by atoms with Gasteiger partial charge in [0.05, 0.1) is 4.92 Å². The minimum absolute atomic E-state index is 0.0722. The third-order valence-electron chi connectivity index (χ3n) is 1.77. The highest BCUT2D eigenvalue weighted by Crippen LogP contribution is 2.36. The number of nitrogens with two attached hydrogens (primary N) is 1. The summed E-state index contributed by atoms with van der Waals surface area (Å²) in [6, 6.07) is 3.06. The number of aliphatic imine (C=N–C) groups is 1. The highest BCUT2D eigenvalue weighted by atomic mass is 16.6. The van der Waals surface area contributed by atoms with Crippen LogP contribution in [-0.2, 0) is 0 Å². The molecule has 0 aliphatic rings. The van der Waals surface area contributed by atoms with Crippen molar-refractivity contribution in [3.8, 4) is 0 Å². The van der Waals surface area contributed by atoms with E-state index >= 15 is 0 Å². The first-order chi connectivity index (χ1) is 6.61. The molecule has 72 valence electrons. The van der Waals surface area contributed by atoms with Crippen molar-refractivity contribution >= 4 is 29.9 Å². The first kappa shape index (κ1) is 9.91. The average Bonchev–Trinajstić information content (AvgIpc) is 2.16. The van der Waals surface area contributed by atoms with Gasteiger partial charge in [-0.3, -0.25) is 15.1 Å². The number of hydrogen-bond donors (Lipinski definition) is 1. The van der Waals surface area contributed by atoms with Crippen molar-refractivity contribution in [3.63, 3.8) is 0 Å². The van der Waals surface area contributed by atoms with Gasteiger partial charge in [-0.25, -0.2) is 0 Å². The number of anilines is 1. The molecular formula is C9H9N3O2. The van der Waals surface area contributed by atoms with Crippen molar-refractivity contribution in [1.29, 1.82) is 0 Å². The van der Waals surface area contributed by atoms with Gasteiger partial charge in [0.15, 0.2) is 0 Å². The Morgan fingerprint density at radius 1 is 1.57 bits per heavy atom. The fraction of sp³-hybridized carbons (Fsp3) is 0. The topological polar surface area (TPSA) is 81.5 Å². The molecule has 0 aliphatic carbocycles. The zero-order valence-electron chi connectivity index (χ0n) is 7.43. The van der Waals surface area contributed by atoms with Gasteiger partial charge in [0.1, 0.15) is 11.4 Å². The molecule has 0 atom stereocenters. The summed E-state index contributed by atoms with van der Waals surface area (Å²) in [4.78, 5) is 13.7. The monoisotopic (exact) mass is 191 g/mol. The maximum Gasteiger partial charge on any atom is 0.318 e. The van der Waals surface area contributed by atoms with E-state index in [4.69, 9.17) is 5.73 Å². The van der Waals surface area contributed by atoms with Gasteiger partial charge in [0.2, 0.25) is 0 Å². The van der Waals surface area contributed by atoms with Gasteiger partial charge < -0.3 is 5.73 Å². The number of benzene rings is 1. The Kier molecular flexibility index (Phi) is 2.62. The van der Waals surface area contributed by atoms with Crippen molar-refractivity contribution in [3.05, 3.63) is 34.4 Å². The van der Waals surface area contributed by atoms with Crippen LogP contribution in [0.15, 0.2) is 23.7 Å². The molecule has 0 saturated heterocycles. The van der Waals surface area contributed by atoms with E-state index < -0.39 is 4.92 Å². The Labute approximate surface area is 80.7 Å². The fourth-order valence-electron chi connectivity index (χ4n) is 1.13. The zero-order chi connectivity index (χ0) is 10.7. The SMILES string of the molecule is C=Cc1ccc(N)c([N+](=O)[O-])c1N=C. The van der Waals surface area contributed by atoms with Crippen LogP contribution in [0.2, 0.25) is 0 Å². The van der Waals surface area contributed by atoms with Crippen LogP contribution >= 0.6 is 0 Å². The molecule has 1 rings (SSSR count). The molecule has 0 radical (unpaired) electrons. The van der Waals surface area contributed by atoms with Crippen LogP contribution in [0.5, 0.6) is 0 Å². The first-order valence-corrected chi connectivity index (χ1v) is 3.77. The summed E-state index contributed by atoms with van der Waals surface area (Å²) in [6.45, 7) is 6.78.